The molecule has 1 fully saturated rings. The third-order valence-corrected chi connectivity index (χ3v) is 4.43. The van der Waals surface area contributed by atoms with E-state index in [-0.39, 0.29) is 25.3 Å². The van der Waals surface area contributed by atoms with Crippen molar-refractivity contribution in [1.29, 1.82) is 0 Å². The Morgan fingerprint density at radius 2 is 2.12 bits per heavy atom. The number of imidazole rings is 1. The first kappa shape index (κ1) is 17.7. The molecular formula is C18H20N4O4. The molecule has 0 spiro atoms. The van der Waals surface area contributed by atoms with Gasteiger partial charge in [0.05, 0.1) is 12.2 Å². The third-order valence-electron chi connectivity index (χ3n) is 4.43. The monoisotopic (exact) mass is 356 g/mol. The molecular weight excluding hydrogens is 336 g/mol. The zero-order chi connectivity index (χ0) is 18.7. The number of carboxylic acids is 1. The van der Waals surface area contributed by atoms with Crippen LogP contribution in [0.1, 0.15) is 17.7 Å². The number of nitrogens with zero attached hydrogens (tertiary/aromatic N) is 2. The van der Waals surface area contributed by atoms with Gasteiger partial charge in [0.25, 0.3) is 0 Å². The fourth-order valence-corrected chi connectivity index (χ4v) is 2.96. The van der Waals surface area contributed by atoms with Crippen LogP contribution in [0.3, 0.4) is 0 Å². The van der Waals surface area contributed by atoms with Gasteiger partial charge < -0.3 is 20.3 Å². The highest BCUT2D eigenvalue weighted by Crippen LogP contribution is 2.25. The molecule has 2 aromatic rings. The summed E-state index contributed by atoms with van der Waals surface area (Å²) < 4.78 is 0. The molecule has 1 aromatic heterocycles. The molecule has 26 heavy (non-hydrogen) atoms. The van der Waals surface area contributed by atoms with Crippen LogP contribution in [0.5, 0.6) is 0 Å². The Morgan fingerprint density at radius 3 is 2.73 bits per heavy atom. The highest BCUT2D eigenvalue weighted by molar-refractivity contribution is 6.00. The molecule has 3 N–H and O–H groups in total. The van der Waals surface area contributed by atoms with Crippen LogP contribution in [-0.2, 0) is 20.8 Å². The van der Waals surface area contributed by atoms with E-state index in [9.17, 15) is 19.5 Å². The van der Waals surface area contributed by atoms with Gasteiger partial charge in [-0.3, -0.25) is 9.59 Å². The number of aromatic amines is 1. The van der Waals surface area contributed by atoms with Crippen molar-refractivity contribution >= 4 is 23.5 Å². The van der Waals surface area contributed by atoms with Gasteiger partial charge in [-0.15, -0.1) is 0 Å². The zero-order valence-electron chi connectivity index (χ0n) is 14.3. The molecule has 1 aromatic carbocycles. The first-order valence-corrected chi connectivity index (χ1v) is 8.31. The normalized spacial score (nSPS) is 18.0. The van der Waals surface area contributed by atoms with Crippen LogP contribution in [0.4, 0.5) is 5.69 Å². The molecule has 0 radical (unpaired) electrons. The highest BCUT2D eigenvalue weighted by Gasteiger charge is 2.36. The molecule has 8 nitrogen and oxygen atoms in total. The van der Waals surface area contributed by atoms with Crippen molar-refractivity contribution in [2.45, 2.75) is 25.8 Å². The summed E-state index contributed by atoms with van der Waals surface area (Å²) in [5, 5.41) is 11.9. The summed E-state index contributed by atoms with van der Waals surface area (Å²) in [6.07, 6.45) is 3.13. The Labute approximate surface area is 150 Å². The van der Waals surface area contributed by atoms with Crippen LogP contribution in [0.25, 0.3) is 0 Å². The number of rotatable bonds is 6. The number of carbonyl (C=O) groups excluding carboxylic acids is 2. The molecule has 0 aliphatic carbocycles. The number of carbonyl (C=O) groups is 3. The summed E-state index contributed by atoms with van der Waals surface area (Å²) in [7, 11) is 0. The average molecular weight is 356 g/mol. The lowest BCUT2D eigenvalue weighted by molar-refractivity contribution is -0.142. The molecule has 0 saturated carbocycles. The molecule has 1 saturated heterocycles. The maximum absolute atomic E-state index is 12.5. The third kappa shape index (κ3) is 3.90. The van der Waals surface area contributed by atoms with Crippen LogP contribution in [0, 0.1) is 12.8 Å². The first-order chi connectivity index (χ1) is 12.4. The zero-order valence-corrected chi connectivity index (χ0v) is 14.3. The van der Waals surface area contributed by atoms with E-state index in [2.05, 4.69) is 15.3 Å². The van der Waals surface area contributed by atoms with Crippen molar-refractivity contribution in [1.82, 2.24) is 15.3 Å². The van der Waals surface area contributed by atoms with E-state index in [1.807, 2.05) is 31.2 Å². The molecule has 2 unspecified atom stereocenters. The summed E-state index contributed by atoms with van der Waals surface area (Å²) in [5.41, 5.74) is 2.43. The minimum Gasteiger partial charge on any atom is -0.480 e. The molecule has 8 heteroatoms. The van der Waals surface area contributed by atoms with Crippen molar-refractivity contribution in [3.05, 3.63) is 48.0 Å². The minimum atomic E-state index is -1.13. The molecule has 2 amide bonds. The molecule has 0 bridgehead atoms. The number of amides is 2. The van der Waals surface area contributed by atoms with Gasteiger partial charge in [-0.2, -0.15) is 0 Å². The van der Waals surface area contributed by atoms with Gasteiger partial charge in [-0.25, -0.2) is 9.78 Å². The van der Waals surface area contributed by atoms with E-state index in [1.165, 1.54) is 12.5 Å². The molecule has 1 aliphatic heterocycles. The maximum atomic E-state index is 12.5. The fourth-order valence-electron chi connectivity index (χ4n) is 2.96. The summed E-state index contributed by atoms with van der Waals surface area (Å²) in [6.45, 7) is 2.20. The van der Waals surface area contributed by atoms with E-state index in [4.69, 9.17) is 0 Å². The predicted octanol–water partition coefficient (Wildman–Crippen LogP) is 0.883. The van der Waals surface area contributed by atoms with E-state index in [0.29, 0.717) is 5.69 Å². The van der Waals surface area contributed by atoms with Gasteiger partial charge in [0.2, 0.25) is 11.8 Å². The maximum Gasteiger partial charge on any atom is 0.326 e. The predicted molar refractivity (Wildman–Crippen MR) is 93.5 cm³/mol. The Balaban J connectivity index is 1.65. The van der Waals surface area contributed by atoms with Crippen molar-refractivity contribution in [2.75, 3.05) is 11.4 Å². The topological polar surface area (TPSA) is 115 Å². The second kappa shape index (κ2) is 7.38. The summed E-state index contributed by atoms with van der Waals surface area (Å²) >= 11 is 0. The quantitative estimate of drug-likeness (QED) is 0.711. The molecule has 1 aliphatic rings. The van der Waals surface area contributed by atoms with Gasteiger partial charge >= 0.3 is 5.97 Å². The Hall–Kier alpha value is -3.16. The van der Waals surface area contributed by atoms with Gasteiger partial charge in [0, 0.05) is 37.0 Å². The van der Waals surface area contributed by atoms with E-state index < -0.39 is 23.8 Å². The Bertz CT molecular complexity index is 801. The number of hydrogen-bond acceptors (Lipinski definition) is 4. The number of carboxylic acid groups (broad SMARTS) is 1. The summed E-state index contributed by atoms with van der Waals surface area (Å²) in [6, 6.07) is 6.41. The number of benzene rings is 1. The van der Waals surface area contributed by atoms with E-state index in [1.54, 1.807) is 4.90 Å². The largest absolute Gasteiger partial charge is 0.480 e. The number of anilines is 1. The number of aliphatic carboxylic acids is 1. The second-order valence-corrected chi connectivity index (χ2v) is 6.42. The van der Waals surface area contributed by atoms with Crippen LogP contribution in [0.2, 0.25) is 0 Å². The molecule has 136 valence electrons. The van der Waals surface area contributed by atoms with E-state index in [0.717, 1.165) is 11.3 Å². The number of aromatic nitrogens is 2. The Kier molecular flexibility index (Phi) is 5.01. The average Bonchev–Trinajstić information content (AvgIpc) is 3.24. The fraction of sp³-hybridized carbons (Fsp3) is 0.333. The van der Waals surface area contributed by atoms with Crippen LogP contribution in [0.15, 0.2) is 36.8 Å². The van der Waals surface area contributed by atoms with Crippen molar-refractivity contribution < 1.29 is 19.5 Å². The lowest BCUT2D eigenvalue weighted by Crippen LogP contribution is -2.45. The van der Waals surface area contributed by atoms with Crippen molar-refractivity contribution in [3.8, 4) is 0 Å². The highest BCUT2D eigenvalue weighted by atomic mass is 16.4. The standard InChI is InChI=1S/C18H20N4O4/c1-11-2-4-14(5-3-11)22-9-12(6-16(22)23)17(24)21-15(18(25)26)7-13-8-19-10-20-13/h2-5,8,10,12,15H,6-7,9H2,1H3,(H,19,20)(H,21,24)(H,25,26). The Morgan fingerprint density at radius 1 is 1.38 bits per heavy atom. The lowest BCUT2D eigenvalue weighted by atomic mass is 10.1. The number of nitrogens with one attached hydrogen (secondary N) is 2. The van der Waals surface area contributed by atoms with Gasteiger partial charge in [-0.05, 0) is 19.1 Å². The number of H-pyrrole nitrogens is 1. The number of aryl methyl sites for hydroxylation is 1. The molecule has 2 heterocycles. The van der Waals surface area contributed by atoms with Crippen LogP contribution in [-0.4, -0.2) is 45.4 Å². The van der Waals surface area contributed by atoms with Crippen LogP contribution >= 0.6 is 0 Å². The van der Waals surface area contributed by atoms with Gasteiger partial charge in [0.15, 0.2) is 0 Å². The molecule has 2 atom stereocenters. The van der Waals surface area contributed by atoms with Crippen molar-refractivity contribution in [2.24, 2.45) is 5.92 Å². The minimum absolute atomic E-state index is 0.0656. The summed E-state index contributed by atoms with van der Waals surface area (Å²) in [5.74, 6) is -2.28. The SMILES string of the molecule is Cc1ccc(N2CC(C(=O)NC(Cc3cnc[nH]3)C(=O)O)CC2=O)cc1. The van der Waals surface area contributed by atoms with E-state index >= 15 is 0 Å². The smallest absolute Gasteiger partial charge is 0.326 e. The van der Waals surface area contributed by atoms with Gasteiger partial charge in [-0.1, -0.05) is 17.7 Å². The van der Waals surface area contributed by atoms with Crippen LogP contribution < -0.4 is 10.2 Å². The molecule has 3 rings (SSSR count). The van der Waals surface area contributed by atoms with Gasteiger partial charge in [0.1, 0.15) is 6.04 Å². The van der Waals surface area contributed by atoms with Crippen molar-refractivity contribution in [3.63, 3.8) is 0 Å². The second-order valence-electron chi connectivity index (χ2n) is 6.42. The first-order valence-electron chi connectivity index (χ1n) is 8.31. The lowest BCUT2D eigenvalue weighted by Gasteiger charge is -2.18. The summed E-state index contributed by atoms with van der Waals surface area (Å²) in [4.78, 5) is 44.4. The number of hydrogen-bond donors (Lipinski definition) is 3.